The zero-order valence-electron chi connectivity index (χ0n) is 11.6. The molecule has 0 spiro atoms. The predicted octanol–water partition coefficient (Wildman–Crippen LogP) is 3.93. The standard InChI is InChI=1S/C15H14N2O3S/c1-10-3-4-11(2)13(9-10)16-14(18)7-5-12-6-8-15(21-12)17(19)20/h3-9H,1-2H3,(H,16,18)/b7-5+. The van der Waals surface area contributed by atoms with Crippen molar-refractivity contribution >= 4 is 34.0 Å². The van der Waals surface area contributed by atoms with Crippen LogP contribution >= 0.6 is 11.3 Å². The molecule has 1 amide bonds. The maximum absolute atomic E-state index is 11.9. The summed E-state index contributed by atoms with van der Waals surface area (Å²) in [5.74, 6) is -0.264. The Labute approximate surface area is 126 Å². The first-order valence-electron chi connectivity index (χ1n) is 6.26. The lowest BCUT2D eigenvalue weighted by molar-refractivity contribution is -0.380. The number of nitrogens with zero attached hydrogens (tertiary/aromatic N) is 1. The van der Waals surface area contributed by atoms with E-state index in [4.69, 9.17) is 0 Å². The van der Waals surface area contributed by atoms with Gasteiger partial charge in [0.25, 0.3) is 0 Å². The fourth-order valence-electron chi connectivity index (χ4n) is 1.73. The molecule has 6 heteroatoms. The largest absolute Gasteiger partial charge is 0.324 e. The lowest BCUT2D eigenvalue weighted by atomic mass is 10.1. The molecule has 2 aromatic rings. The first-order valence-corrected chi connectivity index (χ1v) is 7.08. The topological polar surface area (TPSA) is 72.2 Å². The Morgan fingerprint density at radius 3 is 2.71 bits per heavy atom. The summed E-state index contributed by atoms with van der Waals surface area (Å²) < 4.78 is 0. The summed E-state index contributed by atoms with van der Waals surface area (Å²) >= 11 is 1.03. The van der Waals surface area contributed by atoms with Gasteiger partial charge in [-0.1, -0.05) is 23.5 Å². The molecule has 0 fully saturated rings. The summed E-state index contributed by atoms with van der Waals surface area (Å²) in [5, 5.41) is 13.4. The van der Waals surface area contributed by atoms with E-state index in [2.05, 4.69) is 5.32 Å². The van der Waals surface area contributed by atoms with E-state index in [1.54, 1.807) is 12.1 Å². The first kappa shape index (κ1) is 14.9. The van der Waals surface area contributed by atoms with Gasteiger partial charge < -0.3 is 5.32 Å². The summed E-state index contributed by atoms with van der Waals surface area (Å²) in [6.45, 7) is 3.87. The average molecular weight is 302 g/mol. The molecule has 0 saturated heterocycles. The van der Waals surface area contributed by atoms with E-state index in [-0.39, 0.29) is 10.9 Å². The van der Waals surface area contributed by atoms with Crippen LogP contribution in [0, 0.1) is 24.0 Å². The highest BCUT2D eigenvalue weighted by atomic mass is 32.1. The molecule has 21 heavy (non-hydrogen) atoms. The minimum Gasteiger partial charge on any atom is -0.322 e. The van der Waals surface area contributed by atoms with Crippen molar-refractivity contribution in [3.8, 4) is 0 Å². The monoisotopic (exact) mass is 302 g/mol. The number of amides is 1. The van der Waals surface area contributed by atoms with Crippen LogP contribution in [0.5, 0.6) is 0 Å². The third-order valence-electron chi connectivity index (χ3n) is 2.84. The van der Waals surface area contributed by atoms with E-state index >= 15 is 0 Å². The normalized spacial score (nSPS) is 10.8. The van der Waals surface area contributed by atoms with Gasteiger partial charge in [0.1, 0.15) is 0 Å². The molecule has 1 heterocycles. The van der Waals surface area contributed by atoms with Crippen molar-refractivity contribution in [2.45, 2.75) is 13.8 Å². The summed E-state index contributed by atoms with van der Waals surface area (Å²) in [4.78, 5) is 22.7. The molecule has 0 atom stereocenters. The molecule has 0 unspecified atom stereocenters. The zero-order valence-corrected chi connectivity index (χ0v) is 12.4. The van der Waals surface area contributed by atoms with Crippen LogP contribution in [0.3, 0.4) is 0 Å². The van der Waals surface area contributed by atoms with E-state index in [1.165, 1.54) is 12.1 Å². The number of aryl methyl sites for hydroxylation is 2. The number of hydrogen-bond acceptors (Lipinski definition) is 4. The first-order chi connectivity index (χ1) is 9.95. The van der Waals surface area contributed by atoms with Crippen molar-refractivity contribution < 1.29 is 9.72 Å². The van der Waals surface area contributed by atoms with Crippen molar-refractivity contribution in [1.29, 1.82) is 0 Å². The van der Waals surface area contributed by atoms with Crippen LogP contribution in [0.1, 0.15) is 16.0 Å². The molecule has 0 bridgehead atoms. The van der Waals surface area contributed by atoms with Gasteiger partial charge in [0.05, 0.1) is 4.92 Å². The maximum atomic E-state index is 11.9. The van der Waals surface area contributed by atoms with Crippen LogP contribution in [-0.2, 0) is 4.79 Å². The summed E-state index contributed by atoms with van der Waals surface area (Å²) in [7, 11) is 0. The van der Waals surface area contributed by atoms with Crippen molar-refractivity contribution in [3.63, 3.8) is 0 Å². The Balaban J connectivity index is 2.05. The number of benzene rings is 1. The maximum Gasteiger partial charge on any atom is 0.324 e. The highest BCUT2D eigenvalue weighted by Crippen LogP contribution is 2.25. The number of anilines is 1. The smallest absolute Gasteiger partial charge is 0.322 e. The fourth-order valence-corrected chi connectivity index (χ4v) is 2.46. The van der Waals surface area contributed by atoms with Crippen molar-refractivity contribution in [2.24, 2.45) is 0 Å². The van der Waals surface area contributed by atoms with Crippen molar-refractivity contribution in [3.05, 3.63) is 62.5 Å². The predicted molar refractivity (Wildman–Crippen MR) is 84.6 cm³/mol. The van der Waals surface area contributed by atoms with Gasteiger partial charge in [-0.3, -0.25) is 14.9 Å². The van der Waals surface area contributed by atoms with Crippen LogP contribution in [0.15, 0.2) is 36.4 Å². The molecule has 0 saturated carbocycles. The number of hydrogen-bond donors (Lipinski definition) is 1. The minimum atomic E-state index is -0.446. The number of nitrogens with one attached hydrogen (secondary N) is 1. The molecule has 0 radical (unpaired) electrons. The average Bonchev–Trinajstić information content (AvgIpc) is 2.90. The van der Waals surface area contributed by atoms with Gasteiger partial charge >= 0.3 is 5.00 Å². The van der Waals surface area contributed by atoms with Crippen molar-refractivity contribution in [2.75, 3.05) is 5.32 Å². The molecule has 1 aromatic carbocycles. The van der Waals surface area contributed by atoms with E-state index in [0.717, 1.165) is 28.2 Å². The van der Waals surface area contributed by atoms with E-state index in [0.29, 0.717) is 4.88 Å². The third-order valence-corrected chi connectivity index (χ3v) is 3.84. The molecule has 1 N–H and O–H groups in total. The third kappa shape index (κ3) is 4.00. The van der Waals surface area contributed by atoms with Crippen LogP contribution in [0.2, 0.25) is 0 Å². The van der Waals surface area contributed by atoms with Crippen LogP contribution in [0.4, 0.5) is 10.7 Å². The van der Waals surface area contributed by atoms with Gasteiger partial charge in [-0.05, 0) is 43.2 Å². The van der Waals surface area contributed by atoms with E-state index in [1.807, 2.05) is 32.0 Å². The summed E-state index contributed by atoms with van der Waals surface area (Å²) in [6.07, 6.45) is 2.94. The van der Waals surface area contributed by atoms with Crippen LogP contribution in [0.25, 0.3) is 6.08 Å². The Morgan fingerprint density at radius 2 is 2.05 bits per heavy atom. The second-order valence-corrected chi connectivity index (χ2v) is 5.67. The molecule has 0 aliphatic carbocycles. The second kappa shape index (κ2) is 6.32. The van der Waals surface area contributed by atoms with Gasteiger partial charge in [-0.15, -0.1) is 0 Å². The lowest BCUT2D eigenvalue weighted by Gasteiger charge is -2.07. The zero-order chi connectivity index (χ0) is 15.4. The SMILES string of the molecule is Cc1ccc(C)c(NC(=O)/C=C/c2ccc([N+](=O)[O-])s2)c1. The Bertz CT molecular complexity index is 719. The van der Waals surface area contributed by atoms with E-state index in [9.17, 15) is 14.9 Å². The lowest BCUT2D eigenvalue weighted by Crippen LogP contribution is -2.08. The van der Waals surface area contributed by atoms with Crippen molar-refractivity contribution in [1.82, 2.24) is 0 Å². The molecule has 5 nitrogen and oxygen atoms in total. The summed E-state index contributed by atoms with van der Waals surface area (Å²) in [6, 6.07) is 8.86. The summed E-state index contributed by atoms with van der Waals surface area (Å²) in [5.41, 5.74) is 2.81. The number of nitro groups is 1. The molecular formula is C15H14N2O3S. The van der Waals surface area contributed by atoms with Gasteiger partial charge in [-0.25, -0.2) is 0 Å². The molecule has 0 aliphatic heterocycles. The number of carbonyl (C=O) groups is 1. The van der Waals surface area contributed by atoms with Gasteiger partial charge in [-0.2, -0.15) is 0 Å². The Kier molecular flexibility index (Phi) is 4.49. The second-order valence-electron chi connectivity index (χ2n) is 4.57. The highest BCUT2D eigenvalue weighted by Gasteiger charge is 2.08. The Hall–Kier alpha value is -2.47. The molecular weight excluding hydrogens is 288 g/mol. The molecule has 2 rings (SSSR count). The molecule has 108 valence electrons. The highest BCUT2D eigenvalue weighted by molar-refractivity contribution is 7.16. The molecule has 0 aliphatic rings. The Morgan fingerprint density at radius 1 is 1.29 bits per heavy atom. The van der Waals surface area contributed by atoms with E-state index < -0.39 is 4.92 Å². The number of rotatable bonds is 4. The quantitative estimate of drug-likeness (QED) is 0.528. The van der Waals surface area contributed by atoms with Crippen LogP contribution in [-0.4, -0.2) is 10.8 Å². The number of carbonyl (C=O) groups excluding carboxylic acids is 1. The number of thiophene rings is 1. The fraction of sp³-hybridized carbons (Fsp3) is 0.133. The van der Waals surface area contributed by atoms with Gasteiger partial charge in [0, 0.05) is 22.7 Å². The van der Waals surface area contributed by atoms with Crippen LogP contribution < -0.4 is 5.32 Å². The van der Waals surface area contributed by atoms with Gasteiger partial charge in [0.15, 0.2) is 0 Å². The minimum absolute atomic E-state index is 0.0598. The molecule has 1 aromatic heterocycles. The van der Waals surface area contributed by atoms with Gasteiger partial charge in [0.2, 0.25) is 5.91 Å².